The van der Waals surface area contributed by atoms with Crippen molar-refractivity contribution in [3.8, 4) is 0 Å². The molecule has 1 aliphatic heterocycles. The smallest absolute Gasteiger partial charge is 0.279 e. The summed E-state index contributed by atoms with van der Waals surface area (Å²) < 4.78 is 28.0. The minimum Gasteiger partial charge on any atom is -0.279 e. The first-order valence-electron chi connectivity index (χ1n) is 8.90. The summed E-state index contributed by atoms with van der Waals surface area (Å²) in [5.41, 5.74) is 1.98. The number of rotatable bonds is 6. The van der Waals surface area contributed by atoms with Gasteiger partial charge in [0, 0.05) is 16.8 Å². The molecule has 0 atom stereocenters. The molecule has 3 heterocycles. The zero-order valence-electron chi connectivity index (χ0n) is 15.5. The fourth-order valence-electron chi connectivity index (χ4n) is 3.01. The van der Waals surface area contributed by atoms with Gasteiger partial charge in [0.25, 0.3) is 21.8 Å². The average molecular weight is 428 g/mol. The molecular weight excluding hydrogens is 410 g/mol. The molecule has 148 valence electrons. The maximum absolute atomic E-state index is 12.7. The Hall–Kier alpha value is -3.04. The number of carbonyl (C=O) groups excluding carboxylic acids is 2. The Kier molecular flexibility index (Phi) is 4.93. The largest absolute Gasteiger partial charge is 0.280 e. The highest BCUT2D eigenvalue weighted by Gasteiger charge is 2.36. The number of thiophene rings is 1. The van der Waals surface area contributed by atoms with Crippen molar-refractivity contribution in [2.24, 2.45) is 0 Å². The van der Waals surface area contributed by atoms with Gasteiger partial charge in [-0.1, -0.05) is 19.1 Å². The number of sulfonamides is 1. The fourth-order valence-corrected chi connectivity index (χ4v) is 5.42. The molecule has 0 aliphatic carbocycles. The van der Waals surface area contributed by atoms with Crippen molar-refractivity contribution in [1.82, 2.24) is 9.88 Å². The summed E-state index contributed by atoms with van der Waals surface area (Å²) in [6.07, 6.45) is 2.33. The van der Waals surface area contributed by atoms with Crippen molar-refractivity contribution in [1.29, 1.82) is 0 Å². The van der Waals surface area contributed by atoms with Crippen LogP contribution in [-0.4, -0.2) is 30.1 Å². The van der Waals surface area contributed by atoms with E-state index in [2.05, 4.69) is 9.71 Å². The summed E-state index contributed by atoms with van der Waals surface area (Å²) in [7, 11) is -3.76. The third kappa shape index (κ3) is 3.66. The number of carbonyl (C=O) groups is 2. The lowest BCUT2D eigenvalue weighted by molar-refractivity contribution is 0.0642. The Balaban J connectivity index is 1.51. The number of nitrogens with zero attached hydrogens (tertiary/aromatic N) is 2. The third-order valence-corrected chi connectivity index (χ3v) is 7.50. The molecule has 7 nitrogen and oxygen atoms in total. The predicted molar refractivity (Wildman–Crippen MR) is 109 cm³/mol. The first-order valence-corrected chi connectivity index (χ1v) is 11.2. The summed E-state index contributed by atoms with van der Waals surface area (Å²) in [6, 6.07) is 13.4. The molecule has 2 amide bonds. The Morgan fingerprint density at radius 2 is 1.79 bits per heavy atom. The van der Waals surface area contributed by atoms with E-state index >= 15 is 0 Å². The van der Waals surface area contributed by atoms with E-state index < -0.39 is 21.8 Å². The summed E-state index contributed by atoms with van der Waals surface area (Å²) >= 11 is 1.02. The average Bonchev–Trinajstić information content (AvgIpc) is 3.29. The molecule has 0 spiro atoms. The number of hydrogen-bond donors (Lipinski definition) is 1. The Bertz CT molecular complexity index is 1170. The summed E-state index contributed by atoms with van der Waals surface area (Å²) in [6.45, 7) is 2.02. The standard InChI is InChI=1S/C20H17N3O4S2/c1-2-13-5-7-14(8-6-13)22-29(26,27)17-10-9-15(28-17)12-23-19(24)16-4-3-11-21-18(16)20(23)25/h3-11,22H,2,12H2,1H3. The first-order chi connectivity index (χ1) is 13.9. The van der Waals surface area contributed by atoms with E-state index in [1.165, 1.54) is 12.3 Å². The number of imide groups is 1. The van der Waals surface area contributed by atoms with Gasteiger partial charge in [0.1, 0.15) is 9.90 Å². The molecule has 0 saturated carbocycles. The van der Waals surface area contributed by atoms with E-state index in [1.807, 2.05) is 19.1 Å². The molecule has 2 aromatic heterocycles. The van der Waals surface area contributed by atoms with Gasteiger partial charge in [-0.25, -0.2) is 8.42 Å². The minimum absolute atomic E-state index is 0.000585. The van der Waals surface area contributed by atoms with Crippen LogP contribution in [0.4, 0.5) is 5.69 Å². The number of benzene rings is 1. The number of hydrogen-bond acceptors (Lipinski definition) is 6. The van der Waals surface area contributed by atoms with Crippen LogP contribution in [0.3, 0.4) is 0 Å². The highest BCUT2D eigenvalue weighted by Crippen LogP contribution is 2.28. The molecule has 1 N–H and O–H groups in total. The van der Waals surface area contributed by atoms with Crippen molar-refractivity contribution in [2.75, 3.05) is 4.72 Å². The quantitative estimate of drug-likeness (QED) is 0.609. The van der Waals surface area contributed by atoms with E-state index in [4.69, 9.17) is 0 Å². The fraction of sp³-hybridized carbons (Fsp3) is 0.150. The molecule has 3 aromatic rings. The highest BCUT2D eigenvalue weighted by atomic mass is 32.2. The van der Waals surface area contributed by atoms with Crippen LogP contribution in [-0.2, 0) is 23.0 Å². The summed E-state index contributed by atoms with van der Waals surface area (Å²) in [5.74, 6) is -0.900. The van der Waals surface area contributed by atoms with E-state index in [1.54, 1.807) is 30.3 Å². The number of fused-ring (bicyclic) bond motifs is 1. The molecule has 9 heteroatoms. The van der Waals surface area contributed by atoms with E-state index in [0.29, 0.717) is 10.6 Å². The lowest BCUT2D eigenvalue weighted by atomic mass is 10.2. The second kappa shape index (κ2) is 7.41. The SMILES string of the molecule is CCc1ccc(NS(=O)(=O)c2ccc(CN3C(=O)c4cccnc4C3=O)s2)cc1. The number of aromatic nitrogens is 1. The molecule has 4 rings (SSSR count). The van der Waals surface area contributed by atoms with Crippen LogP contribution >= 0.6 is 11.3 Å². The van der Waals surface area contributed by atoms with Gasteiger partial charge >= 0.3 is 0 Å². The first kappa shape index (κ1) is 19.3. The predicted octanol–water partition coefficient (Wildman–Crippen LogP) is 3.30. The van der Waals surface area contributed by atoms with Gasteiger partial charge in [-0.2, -0.15) is 0 Å². The van der Waals surface area contributed by atoms with Crippen molar-refractivity contribution in [3.05, 3.63) is 76.4 Å². The van der Waals surface area contributed by atoms with Crippen LogP contribution in [0.15, 0.2) is 58.9 Å². The third-order valence-electron chi connectivity index (χ3n) is 4.56. The van der Waals surface area contributed by atoms with E-state index in [-0.39, 0.29) is 22.0 Å². The van der Waals surface area contributed by atoms with Crippen LogP contribution in [0, 0.1) is 0 Å². The van der Waals surface area contributed by atoms with Gasteiger partial charge in [-0.3, -0.25) is 24.2 Å². The number of amides is 2. The molecular formula is C20H17N3O4S2. The zero-order valence-corrected chi connectivity index (χ0v) is 17.1. The topological polar surface area (TPSA) is 96.4 Å². The van der Waals surface area contributed by atoms with E-state index in [0.717, 1.165) is 28.2 Å². The second-order valence-corrected chi connectivity index (χ2v) is 9.55. The Labute approximate surface area is 172 Å². The summed E-state index contributed by atoms with van der Waals surface area (Å²) in [4.78, 5) is 30.5. The van der Waals surface area contributed by atoms with Crippen LogP contribution in [0.5, 0.6) is 0 Å². The maximum atomic E-state index is 12.7. The lowest BCUT2D eigenvalue weighted by Crippen LogP contribution is -2.28. The van der Waals surface area contributed by atoms with Crippen LogP contribution < -0.4 is 4.72 Å². The normalized spacial score (nSPS) is 13.6. The highest BCUT2D eigenvalue weighted by molar-refractivity contribution is 7.94. The lowest BCUT2D eigenvalue weighted by Gasteiger charge is -2.11. The molecule has 0 radical (unpaired) electrons. The molecule has 29 heavy (non-hydrogen) atoms. The summed E-state index contributed by atoms with van der Waals surface area (Å²) in [5, 5.41) is 0. The van der Waals surface area contributed by atoms with Gasteiger partial charge < -0.3 is 0 Å². The number of aryl methyl sites for hydroxylation is 1. The van der Waals surface area contributed by atoms with Crippen molar-refractivity contribution in [3.63, 3.8) is 0 Å². The molecule has 0 unspecified atom stereocenters. The van der Waals surface area contributed by atoms with Crippen molar-refractivity contribution >= 4 is 38.9 Å². The number of pyridine rings is 1. The van der Waals surface area contributed by atoms with Crippen LogP contribution in [0.25, 0.3) is 0 Å². The molecule has 0 bridgehead atoms. The van der Waals surface area contributed by atoms with Gasteiger partial charge in [0.2, 0.25) is 0 Å². The van der Waals surface area contributed by atoms with Crippen molar-refractivity contribution in [2.45, 2.75) is 24.1 Å². The van der Waals surface area contributed by atoms with Gasteiger partial charge in [0.05, 0.1) is 12.1 Å². The Morgan fingerprint density at radius 3 is 2.48 bits per heavy atom. The maximum Gasteiger partial charge on any atom is 0.280 e. The molecule has 0 fully saturated rings. The van der Waals surface area contributed by atoms with Gasteiger partial charge in [0.15, 0.2) is 0 Å². The van der Waals surface area contributed by atoms with Gasteiger partial charge in [-0.05, 0) is 48.4 Å². The number of anilines is 1. The molecule has 1 aliphatic rings. The van der Waals surface area contributed by atoms with E-state index in [9.17, 15) is 18.0 Å². The zero-order chi connectivity index (χ0) is 20.6. The van der Waals surface area contributed by atoms with Crippen LogP contribution in [0.1, 0.15) is 38.2 Å². The molecule has 1 aromatic carbocycles. The number of nitrogens with one attached hydrogen (secondary N) is 1. The van der Waals surface area contributed by atoms with Crippen LogP contribution in [0.2, 0.25) is 0 Å². The minimum atomic E-state index is -3.76. The van der Waals surface area contributed by atoms with Gasteiger partial charge in [-0.15, -0.1) is 11.3 Å². The molecule has 0 saturated heterocycles. The van der Waals surface area contributed by atoms with Crippen molar-refractivity contribution < 1.29 is 18.0 Å². The Morgan fingerprint density at radius 1 is 1.03 bits per heavy atom. The monoisotopic (exact) mass is 427 g/mol. The second-order valence-electron chi connectivity index (χ2n) is 6.47.